The third kappa shape index (κ3) is 2.94. The number of hydrogen-bond acceptors (Lipinski definition) is 3. The molecule has 1 aromatic heterocycles. The average Bonchev–Trinajstić information content (AvgIpc) is 2.38. The molecule has 1 aromatic carbocycles. The summed E-state index contributed by atoms with van der Waals surface area (Å²) in [4.78, 5) is 3.96. The van der Waals surface area contributed by atoms with Crippen LogP contribution in [-0.2, 0) is 6.54 Å². The molecule has 0 amide bonds. The molecule has 0 aliphatic carbocycles. The van der Waals surface area contributed by atoms with Gasteiger partial charge >= 0.3 is 0 Å². The Balaban J connectivity index is 2.14. The highest BCUT2D eigenvalue weighted by molar-refractivity contribution is 5.58. The standard InChI is InChI=1S/C13H13F2N3/c14-13(15)11-6-10(16)3-4-12(11)18-8-9-2-1-5-17-7-9/h1-7,13,18H,8,16H2. The lowest BCUT2D eigenvalue weighted by Crippen LogP contribution is -2.03. The van der Waals surface area contributed by atoms with Gasteiger partial charge in [0.25, 0.3) is 6.43 Å². The molecule has 94 valence electrons. The molecular weight excluding hydrogens is 236 g/mol. The van der Waals surface area contributed by atoms with Gasteiger partial charge in [0.1, 0.15) is 0 Å². The number of anilines is 2. The summed E-state index contributed by atoms with van der Waals surface area (Å²) in [5.41, 5.74) is 7.07. The van der Waals surface area contributed by atoms with Crippen LogP contribution in [0, 0.1) is 0 Å². The summed E-state index contributed by atoms with van der Waals surface area (Å²) >= 11 is 0. The van der Waals surface area contributed by atoms with E-state index >= 15 is 0 Å². The van der Waals surface area contributed by atoms with E-state index in [9.17, 15) is 8.78 Å². The molecule has 2 rings (SSSR count). The zero-order valence-corrected chi connectivity index (χ0v) is 9.61. The summed E-state index contributed by atoms with van der Waals surface area (Å²) in [5.74, 6) is 0. The summed E-state index contributed by atoms with van der Waals surface area (Å²) in [5, 5.41) is 2.96. The van der Waals surface area contributed by atoms with Crippen LogP contribution in [0.4, 0.5) is 20.2 Å². The first-order chi connectivity index (χ1) is 8.66. The summed E-state index contributed by atoms with van der Waals surface area (Å²) in [6.45, 7) is 0.442. The van der Waals surface area contributed by atoms with Crippen molar-refractivity contribution in [3.05, 3.63) is 53.9 Å². The number of benzene rings is 1. The van der Waals surface area contributed by atoms with E-state index < -0.39 is 6.43 Å². The van der Waals surface area contributed by atoms with Gasteiger partial charge in [-0.25, -0.2) is 8.78 Å². The minimum Gasteiger partial charge on any atom is -0.399 e. The van der Waals surface area contributed by atoms with Crippen LogP contribution < -0.4 is 11.1 Å². The largest absolute Gasteiger partial charge is 0.399 e. The van der Waals surface area contributed by atoms with Crippen molar-refractivity contribution < 1.29 is 8.78 Å². The Bertz CT molecular complexity index is 515. The quantitative estimate of drug-likeness (QED) is 0.818. The van der Waals surface area contributed by atoms with Crippen LogP contribution in [0.1, 0.15) is 17.6 Å². The second kappa shape index (κ2) is 5.44. The number of nitrogens with zero attached hydrogens (tertiary/aromatic N) is 1. The monoisotopic (exact) mass is 249 g/mol. The molecule has 0 atom stereocenters. The van der Waals surface area contributed by atoms with Crippen molar-refractivity contribution in [2.45, 2.75) is 13.0 Å². The predicted octanol–water partition coefficient (Wildman–Crippen LogP) is 3.21. The van der Waals surface area contributed by atoms with Crippen LogP contribution in [-0.4, -0.2) is 4.98 Å². The fourth-order valence-corrected chi connectivity index (χ4v) is 1.62. The number of nitrogens with one attached hydrogen (secondary N) is 1. The normalized spacial score (nSPS) is 10.6. The minimum absolute atomic E-state index is 0.0844. The van der Waals surface area contributed by atoms with E-state index in [0.717, 1.165) is 5.56 Å². The maximum atomic E-state index is 12.8. The third-order valence-electron chi connectivity index (χ3n) is 2.52. The summed E-state index contributed by atoms with van der Waals surface area (Å²) in [7, 11) is 0. The lowest BCUT2D eigenvalue weighted by molar-refractivity contribution is 0.152. The number of rotatable bonds is 4. The molecule has 0 fully saturated rings. The highest BCUT2D eigenvalue weighted by Gasteiger charge is 2.13. The lowest BCUT2D eigenvalue weighted by atomic mass is 10.1. The lowest BCUT2D eigenvalue weighted by Gasteiger charge is -2.12. The van der Waals surface area contributed by atoms with Gasteiger partial charge in [0.05, 0.1) is 0 Å². The van der Waals surface area contributed by atoms with E-state index in [1.54, 1.807) is 30.6 Å². The zero-order chi connectivity index (χ0) is 13.0. The summed E-state index contributed by atoms with van der Waals surface area (Å²) in [6, 6.07) is 8.12. The number of alkyl halides is 2. The molecule has 0 bridgehead atoms. The van der Waals surface area contributed by atoms with Crippen molar-refractivity contribution >= 4 is 11.4 Å². The number of nitrogens with two attached hydrogens (primary N) is 1. The van der Waals surface area contributed by atoms with Crippen LogP contribution in [0.15, 0.2) is 42.7 Å². The first kappa shape index (κ1) is 12.3. The molecule has 5 heteroatoms. The molecule has 18 heavy (non-hydrogen) atoms. The molecule has 0 radical (unpaired) electrons. The Morgan fingerprint density at radius 3 is 2.78 bits per heavy atom. The molecule has 0 aliphatic rings. The van der Waals surface area contributed by atoms with Gasteiger partial charge < -0.3 is 11.1 Å². The Kier molecular flexibility index (Phi) is 3.72. The zero-order valence-electron chi connectivity index (χ0n) is 9.61. The number of hydrogen-bond donors (Lipinski definition) is 2. The van der Waals surface area contributed by atoms with Crippen molar-refractivity contribution in [3.63, 3.8) is 0 Å². The molecule has 1 heterocycles. The van der Waals surface area contributed by atoms with Crippen molar-refractivity contribution in [2.75, 3.05) is 11.1 Å². The molecule has 0 saturated carbocycles. The van der Waals surface area contributed by atoms with Gasteiger partial charge in [-0.3, -0.25) is 4.98 Å². The summed E-state index contributed by atoms with van der Waals surface area (Å²) in [6.07, 6.45) is 0.800. The average molecular weight is 249 g/mol. The Hall–Kier alpha value is -2.17. The maximum Gasteiger partial charge on any atom is 0.265 e. The smallest absolute Gasteiger partial charge is 0.265 e. The first-order valence-corrected chi connectivity index (χ1v) is 5.47. The highest BCUT2D eigenvalue weighted by Crippen LogP contribution is 2.29. The van der Waals surface area contributed by atoms with E-state index in [1.807, 2.05) is 6.07 Å². The summed E-state index contributed by atoms with van der Waals surface area (Å²) < 4.78 is 25.7. The molecule has 0 aliphatic heterocycles. The predicted molar refractivity (Wildman–Crippen MR) is 67.4 cm³/mol. The second-order valence-electron chi connectivity index (χ2n) is 3.86. The second-order valence-corrected chi connectivity index (χ2v) is 3.86. The fraction of sp³-hybridized carbons (Fsp3) is 0.154. The molecule has 2 aromatic rings. The van der Waals surface area contributed by atoms with E-state index in [4.69, 9.17) is 5.73 Å². The van der Waals surface area contributed by atoms with Gasteiger partial charge in [-0.2, -0.15) is 0 Å². The molecular formula is C13H13F2N3. The van der Waals surface area contributed by atoms with E-state index in [1.165, 1.54) is 6.07 Å². The number of halogens is 2. The van der Waals surface area contributed by atoms with Crippen LogP contribution in [0.5, 0.6) is 0 Å². The number of nitrogen functional groups attached to an aromatic ring is 1. The van der Waals surface area contributed by atoms with Crippen molar-refractivity contribution in [1.82, 2.24) is 4.98 Å². The molecule has 0 saturated heterocycles. The Morgan fingerprint density at radius 2 is 2.11 bits per heavy atom. The first-order valence-electron chi connectivity index (χ1n) is 5.47. The van der Waals surface area contributed by atoms with Crippen LogP contribution in [0.2, 0.25) is 0 Å². The van der Waals surface area contributed by atoms with Gasteiger partial charge in [0.15, 0.2) is 0 Å². The maximum absolute atomic E-state index is 12.8. The minimum atomic E-state index is -2.55. The number of aromatic nitrogens is 1. The van der Waals surface area contributed by atoms with Gasteiger partial charge in [-0.15, -0.1) is 0 Å². The molecule has 0 spiro atoms. The SMILES string of the molecule is Nc1ccc(NCc2cccnc2)c(C(F)F)c1. The topological polar surface area (TPSA) is 50.9 Å². The Labute approximate surface area is 104 Å². The van der Waals surface area contributed by atoms with Gasteiger partial charge in [0.2, 0.25) is 0 Å². The Morgan fingerprint density at radius 1 is 1.28 bits per heavy atom. The van der Waals surface area contributed by atoms with E-state index in [-0.39, 0.29) is 5.56 Å². The molecule has 0 unspecified atom stereocenters. The van der Waals surface area contributed by atoms with Crippen molar-refractivity contribution in [2.24, 2.45) is 0 Å². The van der Waals surface area contributed by atoms with Crippen LogP contribution >= 0.6 is 0 Å². The van der Waals surface area contributed by atoms with Crippen LogP contribution in [0.3, 0.4) is 0 Å². The third-order valence-corrected chi connectivity index (χ3v) is 2.52. The van der Waals surface area contributed by atoms with Crippen LogP contribution in [0.25, 0.3) is 0 Å². The highest BCUT2D eigenvalue weighted by atomic mass is 19.3. The number of pyridine rings is 1. The van der Waals surface area contributed by atoms with Gasteiger partial charge in [0, 0.05) is 35.9 Å². The van der Waals surface area contributed by atoms with Crippen molar-refractivity contribution in [3.8, 4) is 0 Å². The fourth-order valence-electron chi connectivity index (χ4n) is 1.62. The van der Waals surface area contributed by atoms with E-state index in [2.05, 4.69) is 10.3 Å². The molecule has 3 N–H and O–H groups in total. The van der Waals surface area contributed by atoms with Gasteiger partial charge in [-0.1, -0.05) is 6.07 Å². The van der Waals surface area contributed by atoms with Crippen molar-refractivity contribution in [1.29, 1.82) is 0 Å². The van der Waals surface area contributed by atoms with Gasteiger partial charge in [-0.05, 0) is 29.8 Å². The van der Waals surface area contributed by atoms with E-state index in [0.29, 0.717) is 17.9 Å². The molecule has 3 nitrogen and oxygen atoms in total.